The molecule has 2 aliphatic rings. The van der Waals surface area contributed by atoms with Gasteiger partial charge in [0.25, 0.3) is 0 Å². The highest BCUT2D eigenvalue weighted by molar-refractivity contribution is 5.85. The Morgan fingerprint density at radius 2 is 1.30 bits per heavy atom. The average molecular weight is 352 g/mol. The predicted octanol–water partition coefficient (Wildman–Crippen LogP) is 5.35. The van der Waals surface area contributed by atoms with Gasteiger partial charge in [0.2, 0.25) is 0 Å². The van der Waals surface area contributed by atoms with Gasteiger partial charge in [-0.15, -0.1) is 0 Å². The Morgan fingerprint density at radius 1 is 0.704 bits per heavy atom. The van der Waals surface area contributed by atoms with Crippen LogP contribution in [0.5, 0.6) is 11.5 Å². The molecule has 27 heavy (non-hydrogen) atoms. The van der Waals surface area contributed by atoms with Crippen LogP contribution in [-0.2, 0) is 11.8 Å². The predicted molar refractivity (Wildman–Crippen MR) is 108 cm³/mol. The molecule has 0 aliphatic heterocycles. The number of phenols is 2. The summed E-state index contributed by atoms with van der Waals surface area (Å²) in [6.45, 7) is 0. The summed E-state index contributed by atoms with van der Waals surface area (Å²) < 4.78 is 0. The first-order chi connectivity index (χ1) is 13.2. The molecule has 3 aromatic rings. The second-order valence-electron chi connectivity index (χ2n) is 7.43. The molecule has 0 aromatic heterocycles. The molecule has 0 saturated heterocycles. The molecule has 0 heterocycles. The van der Waals surface area contributed by atoms with Crippen LogP contribution in [0.15, 0.2) is 90.5 Å². The molecule has 0 bridgehead atoms. The third kappa shape index (κ3) is 2.48. The van der Waals surface area contributed by atoms with Gasteiger partial charge in [0.1, 0.15) is 11.5 Å². The van der Waals surface area contributed by atoms with Crippen molar-refractivity contribution < 1.29 is 10.2 Å². The molecule has 2 nitrogen and oxygen atoms in total. The van der Waals surface area contributed by atoms with Gasteiger partial charge < -0.3 is 10.2 Å². The van der Waals surface area contributed by atoms with Crippen molar-refractivity contribution in [1.82, 2.24) is 0 Å². The molecule has 3 aromatic carbocycles. The molecular formula is C25H20O2. The average Bonchev–Trinajstić information content (AvgIpc) is 3.06. The van der Waals surface area contributed by atoms with Crippen molar-refractivity contribution in [3.63, 3.8) is 0 Å². The number of aromatic hydroxyl groups is 2. The van der Waals surface area contributed by atoms with Gasteiger partial charge in [-0.25, -0.2) is 0 Å². The standard InChI is InChI=1S/C25H20O2/c26-21-9-5-19(6-10-21)25(20-7-11-22(27)12-8-20)14-13-24-18(16-25)15-17-3-1-2-4-23(17)24/h1-14,26-27H,15-16H2. The molecule has 0 amide bonds. The van der Waals surface area contributed by atoms with E-state index in [0.29, 0.717) is 0 Å². The van der Waals surface area contributed by atoms with Crippen LogP contribution in [0.3, 0.4) is 0 Å². The van der Waals surface area contributed by atoms with Crippen molar-refractivity contribution in [2.75, 3.05) is 0 Å². The lowest BCUT2D eigenvalue weighted by Crippen LogP contribution is -2.28. The molecule has 2 N–H and O–H groups in total. The summed E-state index contributed by atoms with van der Waals surface area (Å²) in [5.74, 6) is 0.542. The summed E-state index contributed by atoms with van der Waals surface area (Å²) >= 11 is 0. The van der Waals surface area contributed by atoms with Gasteiger partial charge in [0.05, 0.1) is 0 Å². The maximum absolute atomic E-state index is 9.75. The number of benzene rings is 3. The van der Waals surface area contributed by atoms with Crippen LogP contribution >= 0.6 is 0 Å². The Kier molecular flexibility index (Phi) is 3.48. The van der Waals surface area contributed by atoms with E-state index in [-0.39, 0.29) is 16.9 Å². The fourth-order valence-electron chi connectivity index (χ4n) is 4.52. The van der Waals surface area contributed by atoms with Gasteiger partial charge in [-0.05, 0) is 64.9 Å². The molecule has 0 saturated carbocycles. The Hall–Kier alpha value is -3.26. The normalized spacial score (nSPS) is 16.9. The topological polar surface area (TPSA) is 40.5 Å². The molecule has 132 valence electrons. The van der Waals surface area contributed by atoms with Gasteiger partial charge in [0, 0.05) is 5.41 Å². The minimum absolute atomic E-state index is 0.271. The zero-order valence-electron chi connectivity index (χ0n) is 14.9. The zero-order valence-corrected chi connectivity index (χ0v) is 14.9. The molecule has 2 heteroatoms. The van der Waals surface area contributed by atoms with E-state index in [9.17, 15) is 10.2 Å². The van der Waals surface area contributed by atoms with Gasteiger partial charge >= 0.3 is 0 Å². The quantitative estimate of drug-likeness (QED) is 0.652. The number of rotatable bonds is 2. The minimum Gasteiger partial charge on any atom is -0.508 e. The van der Waals surface area contributed by atoms with Gasteiger partial charge in [0.15, 0.2) is 0 Å². The monoisotopic (exact) mass is 352 g/mol. The van der Waals surface area contributed by atoms with Gasteiger partial charge in [-0.3, -0.25) is 0 Å². The highest BCUT2D eigenvalue weighted by Gasteiger charge is 2.37. The van der Waals surface area contributed by atoms with E-state index in [4.69, 9.17) is 0 Å². The van der Waals surface area contributed by atoms with Crippen LogP contribution in [-0.4, -0.2) is 10.2 Å². The first-order valence-corrected chi connectivity index (χ1v) is 9.24. The Bertz CT molecular complexity index is 1020. The minimum atomic E-state index is -0.303. The molecule has 2 aliphatic carbocycles. The number of hydrogen-bond donors (Lipinski definition) is 2. The summed E-state index contributed by atoms with van der Waals surface area (Å²) in [4.78, 5) is 0. The first kappa shape index (κ1) is 16.0. The highest BCUT2D eigenvalue weighted by Crippen LogP contribution is 2.49. The van der Waals surface area contributed by atoms with Crippen LogP contribution in [0, 0.1) is 0 Å². The van der Waals surface area contributed by atoms with E-state index in [1.807, 2.05) is 24.3 Å². The maximum atomic E-state index is 9.75. The van der Waals surface area contributed by atoms with Gasteiger partial charge in [-0.1, -0.05) is 66.3 Å². The van der Waals surface area contributed by atoms with Crippen LogP contribution < -0.4 is 0 Å². The highest BCUT2D eigenvalue weighted by atomic mass is 16.3. The van der Waals surface area contributed by atoms with Crippen molar-refractivity contribution in [1.29, 1.82) is 0 Å². The molecular weight excluding hydrogens is 332 g/mol. The second kappa shape index (κ2) is 5.88. The van der Waals surface area contributed by atoms with E-state index in [2.05, 4.69) is 36.4 Å². The molecule has 0 spiro atoms. The van der Waals surface area contributed by atoms with Crippen molar-refractivity contribution in [3.8, 4) is 11.5 Å². The van der Waals surface area contributed by atoms with Crippen molar-refractivity contribution in [2.45, 2.75) is 18.3 Å². The van der Waals surface area contributed by atoms with Crippen LogP contribution in [0.25, 0.3) is 5.57 Å². The lowest BCUT2D eigenvalue weighted by Gasteiger charge is -2.35. The van der Waals surface area contributed by atoms with Crippen molar-refractivity contribution in [2.24, 2.45) is 0 Å². The maximum Gasteiger partial charge on any atom is 0.115 e. The molecule has 0 unspecified atom stereocenters. The smallest absolute Gasteiger partial charge is 0.115 e. The fourth-order valence-corrected chi connectivity index (χ4v) is 4.52. The number of allylic oxidation sites excluding steroid dienone is 4. The van der Waals surface area contributed by atoms with Crippen molar-refractivity contribution >= 4 is 5.57 Å². The lowest BCUT2D eigenvalue weighted by molar-refractivity contribution is 0.474. The Balaban J connectivity index is 1.65. The second-order valence-corrected chi connectivity index (χ2v) is 7.43. The third-order valence-corrected chi connectivity index (χ3v) is 5.88. The van der Waals surface area contributed by atoms with Crippen molar-refractivity contribution in [3.05, 3.63) is 113 Å². The Morgan fingerprint density at radius 3 is 1.93 bits per heavy atom. The van der Waals surface area contributed by atoms with Crippen LogP contribution in [0.4, 0.5) is 0 Å². The SMILES string of the molecule is Oc1ccc(C2(c3ccc(O)cc3)C=CC3=C(Cc4ccccc43)C2)cc1. The third-order valence-electron chi connectivity index (χ3n) is 5.88. The van der Waals surface area contributed by atoms with E-state index in [1.54, 1.807) is 24.3 Å². The van der Waals surface area contributed by atoms with E-state index in [0.717, 1.165) is 24.0 Å². The van der Waals surface area contributed by atoms with Crippen LogP contribution in [0.1, 0.15) is 28.7 Å². The lowest BCUT2D eigenvalue weighted by atomic mass is 9.67. The summed E-state index contributed by atoms with van der Waals surface area (Å²) in [6, 6.07) is 23.6. The number of hydrogen-bond acceptors (Lipinski definition) is 2. The molecule has 0 radical (unpaired) electrons. The van der Waals surface area contributed by atoms with Gasteiger partial charge in [-0.2, -0.15) is 0 Å². The Labute approximate surface area is 158 Å². The number of fused-ring (bicyclic) bond motifs is 2. The number of phenolic OH excluding ortho intramolecular Hbond substituents is 2. The first-order valence-electron chi connectivity index (χ1n) is 9.24. The summed E-state index contributed by atoms with van der Waals surface area (Å²) in [6.07, 6.45) is 6.41. The molecule has 0 fully saturated rings. The summed E-state index contributed by atoms with van der Waals surface area (Å²) in [5.41, 5.74) is 7.50. The van der Waals surface area contributed by atoms with E-state index < -0.39 is 0 Å². The zero-order chi connectivity index (χ0) is 18.4. The largest absolute Gasteiger partial charge is 0.508 e. The van der Waals surface area contributed by atoms with E-state index in [1.165, 1.54) is 22.3 Å². The molecule has 5 rings (SSSR count). The van der Waals surface area contributed by atoms with Crippen LogP contribution in [0.2, 0.25) is 0 Å². The van der Waals surface area contributed by atoms with E-state index >= 15 is 0 Å². The summed E-state index contributed by atoms with van der Waals surface area (Å²) in [5, 5.41) is 19.5. The molecule has 0 atom stereocenters. The fraction of sp³-hybridized carbons (Fsp3) is 0.120. The summed E-state index contributed by atoms with van der Waals surface area (Å²) in [7, 11) is 0.